The van der Waals surface area contributed by atoms with Crippen molar-refractivity contribution < 1.29 is 14.7 Å². The fourth-order valence-corrected chi connectivity index (χ4v) is 7.14. The summed E-state index contributed by atoms with van der Waals surface area (Å²) in [6.07, 6.45) is 3.80. The van der Waals surface area contributed by atoms with E-state index in [0.29, 0.717) is 18.2 Å². The Morgan fingerprint density at radius 1 is 1.41 bits per heavy atom. The van der Waals surface area contributed by atoms with E-state index in [-0.39, 0.29) is 40.9 Å². The summed E-state index contributed by atoms with van der Waals surface area (Å²) in [4.78, 5) is 34.6. The summed E-state index contributed by atoms with van der Waals surface area (Å²) in [6, 6.07) is 0. The van der Waals surface area contributed by atoms with Gasteiger partial charge in [-0.05, 0) is 50.6 Å². The van der Waals surface area contributed by atoms with E-state index in [1.54, 1.807) is 29.4 Å². The molecule has 2 N–H and O–H groups in total. The normalized spacial score (nSPS) is 30.2. The molecule has 1 aromatic rings. The molecule has 7 nitrogen and oxygen atoms in total. The van der Waals surface area contributed by atoms with Crippen molar-refractivity contribution in [3.05, 3.63) is 23.2 Å². The van der Waals surface area contributed by atoms with E-state index >= 15 is 0 Å². The van der Waals surface area contributed by atoms with Crippen molar-refractivity contribution in [1.82, 2.24) is 14.8 Å². The number of thiazole rings is 1. The molecule has 0 spiro atoms. The first-order valence-electron chi connectivity index (χ1n) is 11.5. The lowest BCUT2D eigenvalue weighted by Gasteiger charge is -2.53. The van der Waals surface area contributed by atoms with Crippen LogP contribution in [0.4, 0.5) is 5.13 Å². The third-order valence-electron chi connectivity index (χ3n) is 7.44. The van der Waals surface area contributed by atoms with Gasteiger partial charge < -0.3 is 20.2 Å². The van der Waals surface area contributed by atoms with Crippen molar-refractivity contribution in [3.63, 3.8) is 0 Å². The predicted octanol–water partition coefficient (Wildman–Crippen LogP) is 2.98. The molecule has 1 aromatic heterocycles. The summed E-state index contributed by atoms with van der Waals surface area (Å²) in [6.45, 7) is 10.9. The molecule has 8 heteroatoms. The molecule has 0 aliphatic heterocycles. The highest BCUT2D eigenvalue weighted by Gasteiger charge is 2.54. The molecule has 2 aliphatic rings. The van der Waals surface area contributed by atoms with Gasteiger partial charge >= 0.3 is 0 Å². The standard InChI is InChI=1S/C24H38N4O3S/c1-8-11-28(7)22(31)14(2)16-9-10-24(4)12-17-20(15(3)19(24)21(16)30)26-23(32-17)25-18(29)13-27(5)6/h8,14-16,19,21,30H,1,9-13H2,2-7H3,(H,25,26,29)/t14-,15+,16+,19+,21-,24+/m0/s1. The molecule has 32 heavy (non-hydrogen) atoms. The smallest absolute Gasteiger partial charge is 0.240 e. The maximum atomic E-state index is 12.9. The van der Waals surface area contributed by atoms with Gasteiger partial charge in [-0.25, -0.2) is 4.98 Å². The van der Waals surface area contributed by atoms with E-state index in [1.807, 2.05) is 25.9 Å². The van der Waals surface area contributed by atoms with Crippen LogP contribution in [0.5, 0.6) is 0 Å². The van der Waals surface area contributed by atoms with Crippen LogP contribution in [0.2, 0.25) is 0 Å². The largest absolute Gasteiger partial charge is 0.392 e. The third-order valence-corrected chi connectivity index (χ3v) is 8.43. The molecule has 0 saturated heterocycles. The second-order valence-corrected chi connectivity index (χ2v) is 11.3. The lowest BCUT2D eigenvalue weighted by Crippen LogP contribution is -2.53. The van der Waals surface area contributed by atoms with Crippen molar-refractivity contribution in [2.45, 2.75) is 52.1 Å². The Bertz CT molecular complexity index is 869. The topological polar surface area (TPSA) is 85.8 Å². The zero-order valence-electron chi connectivity index (χ0n) is 20.2. The molecule has 2 amide bonds. The number of nitrogens with one attached hydrogen (secondary N) is 1. The highest BCUT2D eigenvalue weighted by Crippen LogP contribution is 2.57. The van der Waals surface area contributed by atoms with E-state index in [2.05, 4.69) is 25.7 Å². The van der Waals surface area contributed by atoms with Crippen LogP contribution in [0.1, 0.15) is 50.1 Å². The quantitative estimate of drug-likeness (QED) is 0.609. The Morgan fingerprint density at radius 3 is 2.72 bits per heavy atom. The number of rotatable bonds is 7. The summed E-state index contributed by atoms with van der Waals surface area (Å²) >= 11 is 1.56. The first kappa shape index (κ1) is 24.9. The number of nitrogens with zero attached hydrogens (tertiary/aromatic N) is 3. The Hall–Kier alpha value is -1.77. The fraction of sp³-hybridized carbons (Fsp3) is 0.708. The SMILES string of the molecule is C=CCN(C)C(=O)[C@@H](C)[C@H]1CC[C@]2(C)Cc3sc(NC(=O)CN(C)C)nc3[C@H](C)[C@@H]2[C@H]1O. The van der Waals surface area contributed by atoms with Crippen LogP contribution in [-0.2, 0) is 16.0 Å². The number of carbonyl (C=O) groups is 2. The van der Waals surface area contributed by atoms with E-state index < -0.39 is 6.10 Å². The van der Waals surface area contributed by atoms with Crippen molar-refractivity contribution in [1.29, 1.82) is 0 Å². The summed E-state index contributed by atoms with van der Waals surface area (Å²) in [5.74, 6) is -0.250. The summed E-state index contributed by atoms with van der Waals surface area (Å²) in [5.41, 5.74) is 0.940. The molecule has 1 heterocycles. The van der Waals surface area contributed by atoms with E-state index in [9.17, 15) is 14.7 Å². The van der Waals surface area contributed by atoms with Gasteiger partial charge in [0.15, 0.2) is 5.13 Å². The van der Waals surface area contributed by atoms with Crippen molar-refractivity contribution in [3.8, 4) is 0 Å². The number of likely N-dealkylation sites (N-methyl/N-ethyl adjacent to an activating group) is 2. The van der Waals surface area contributed by atoms with E-state index in [0.717, 1.165) is 25.0 Å². The van der Waals surface area contributed by atoms with Gasteiger partial charge in [0.2, 0.25) is 11.8 Å². The van der Waals surface area contributed by atoms with Crippen LogP contribution >= 0.6 is 11.3 Å². The predicted molar refractivity (Wildman–Crippen MR) is 129 cm³/mol. The van der Waals surface area contributed by atoms with Gasteiger partial charge in [0.25, 0.3) is 0 Å². The Labute approximate surface area is 195 Å². The van der Waals surface area contributed by atoms with Gasteiger partial charge in [-0.1, -0.05) is 26.8 Å². The van der Waals surface area contributed by atoms with Gasteiger partial charge in [0.1, 0.15) is 0 Å². The van der Waals surface area contributed by atoms with E-state index in [1.165, 1.54) is 4.88 Å². The van der Waals surface area contributed by atoms with Gasteiger partial charge in [0, 0.05) is 30.3 Å². The number of hydrogen-bond donors (Lipinski definition) is 2. The lowest BCUT2D eigenvalue weighted by atomic mass is 9.53. The molecule has 1 saturated carbocycles. The van der Waals surface area contributed by atoms with Gasteiger partial charge in [-0.15, -0.1) is 17.9 Å². The minimum atomic E-state index is -0.568. The fourth-order valence-electron chi connectivity index (χ4n) is 5.86. The highest BCUT2D eigenvalue weighted by molar-refractivity contribution is 7.15. The number of aromatic nitrogens is 1. The zero-order chi connectivity index (χ0) is 23.8. The van der Waals surface area contributed by atoms with Crippen LogP contribution in [0.3, 0.4) is 0 Å². The number of hydrogen-bond acceptors (Lipinski definition) is 6. The third kappa shape index (κ3) is 4.77. The number of carbonyl (C=O) groups excluding carboxylic acids is 2. The number of anilines is 1. The summed E-state index contributed by atoms with van der Waals surface area (Å²) in [5, 5.41) is 15.1. The second-order valence-electron chi connectivity index (χ2n) is 10.2. The van der Waals surface area contributed by atoms with Gasteiger partial charge in [-0.2, -0.15) is 0 Å². The molecule has 0 unspecified atom stereocenters. The van der Waals surface area contributed by atoms with Gasteiger partial charge in [0.05, 0.1) is 18.3 Å². The molecule has 1 fully saturated rings. The Kier molecular flexibility index (Phi) is 7.47. The first-order valence-corrected chi connectivity index (χ1v) is 12.3. The second kappa shape index (κ2) is 9.61. The molecule has 0 radical (unpaired) electrons. The Balaban J connectivity index is 1.81. The average molecular weight is 463 g/mol. The number of fused-ring (bicyclic) bond motifs is 2. The maximum Gasteiger partial charge on any atom is 0.240 e. The first-order chi connectivity index (χ1) is 15.0. The molecule has 0 aromatic carbocycles. The van der Waals surface area contributed by atoms with Crippen molar-refractivity contribution in [2.24, 2.45) is 23.2 Å². The zero-order valence-corrected chi connectivity index (χ0v) is 21.0. The molecule has 0 bridgehead atoms. The van der Waals surface area contributed by atoms with E-state index in [4.69, 9.17) is 4.98 Å². The Morgan fingerprint density at radius 2 is 2.09 bits per heavy atom. The summed E-state index contributed by atoms with van der Waals surface area (Å²) in [7, 11) is 5.51. The van der Waals surface area contributed by atoms with Crippen LogP contribution in [0.25, 0.3) is 0 Å². The van der Waals surface area contributed by atoms with Crippen LogP contribution in [0, 0.1) is 23.2 Å². The van der Waals surface area contributed by atoms with Crippen LogP contribution < -0.4 is 5.32 Å². The molecule has 178 valence electrons. The van der Waals surface area contributed by atoms with Gasteiger partial charge in [-0.3, -0.25) is 9.59 Å². The van der Waals surface area contributed by atoms with Crippen molar-refractivity contribution in [2.75, 3.05) is 39.5 Å². The molecular weight excluding hydrogens is 424 g/mol. The minimum Gasteiger partial charge on any atom is -0.392 e. The number of amides is 2. The number of aliphatic hydroxyl groups is 1. The summed E-state index contributed by atoms with van der Waals surface area (Å²) < 4.78 is 0. The number of aliphatic hydroxyl groups excluding tert-OH is 1. The average Bonchev–Trinajstić information content (AvgIpc) is 3.08. The molecule has 2 aliphatic carbocycles. The maximum absolute atomic E-state index is 12.9. The van der Waals surface area contributed by atoms with Crippen LogP contribution in [-0.4, -0.2) is 72.0 Å². The highest BCUT2D eigenvalue weighted by atomic mass is 32.1. The van der Waals surface area contributed by atoms with Crippen molar-refractivity contribution >= 4 is 28.3 Å². The molecule has 6 atom stereocenters. The monoisotopic (exact) mass is 462 g/mol. The molecular formula is C24H38N4O3S. The lowest BCUT2D eigenvalue weighted by molar-refractivity contribution is -0.143. The van der Waals surface area contributed by atoms with Crippen LogP contribution in [0.15, 0.2) is 12.7 Å². The minimum absolute atomic E-state index is 0.0288. The molecule has 3 rings (SSSR count).